The highest BCUT2D eigenvalue weighted by atomic mass is 32.2. The SMILES string of the molecule is CCOC(=O)N(CCO)[C@H]1CS(=O)(=O)C[C@@H]1O. The summed E-state index contributed by atoms with van der Waals surface area (Å²) < 4.78 is 27.4. The molecule has 1 amide bonds. The zero-order chi connectivity index (χ0) is 13.1. The maximum absolute atomic E-state index is 11.6. The molecule has 1 aliphatic rings. The number of hydrogen-bond donors (Lipinski definition) is 2. The molecule has 0 bridgehead atoms. The van der Waals surface area contributed by atoms with E-state index < -0.39 is 28.1 Å². The molecular formula is C9H17NO6S. The van der Waals surface area contributed by atoms with Crippen LogP contribution in [-0.2, 0) is 14.6 Å². The molecule has 2 atom stereocenters. The van der Waals surface area contributed by atoms with Crippen molar-refractivity contribution in [1.29, 1.82) is 0 Å². The second-order valence-electron chi connectivity index (χ2n) is 3.83. The minimum atomic E-state index is -3.34. The Balaban J connectivity index is 2.81. The Kier molecular flexibility index (Phi) is 4.72. The predicted molar refractivity (Wildman–Crippen MR) is 59.3 cm³/mol. The Bertz CT molecular complexity index is 368. The van der Waals surface area contributed by atoms with Gasteiger partial charge in [0.1, 0.15) is 0 Å². The number of nitrogens with zero attached hydrogens (tertiary/aromatic N) is 1. The van der Waals surface area contributed by atoms with Gasteiger partial charge in [0.05, 0.1) is 36.9 Å². The van der Waals surface area contributed by atoms with Gasteiger partial charge in [-0.25, -0.2) is 13.2 Å². The van der Waals surface area contributed by atoms with E-state index in [1.54, 1.807) is 6.92 Å². The van der Waals surface area contributed by atoms with Crippen molar-refractivity contribution in [2.45, 2.75) is 19.1 Å². The summed E-state index contributed by atoms with van der Waals surface area (Å²) in [6.07, 6.45) is -1.85. The molecule has 0 unspecified atom stereocenters. The summed E-state index contributed by atoms with van der Waals surface area (Å²) in [5, 5.41) is 18.5. The summed E-state index contributed by atoms with van der Waals surface area (Å²) in [5.74, 6) is -0.661. The van der Waals surface area contributed by atoms with Crippen LogP contribution in [0.1, 0.15) is 6.92 Å². The third-order valence-electron chi connectivity index (χ3n) is 2.54. The van der Waals surface area contributed by atoms with E-state index >= 15 is 0 Å². The molecule has 0 aromatic rings. The fraction of sp³-hybridized carbons (Fsp3) is 0.889. The zero-order valence-corrected chi connectivity index (χ0v) is 10.4. The summed E-state index contributed by atoms with van der Waals surface area (Å²) in [7, 11) is -3.34. The van der Waals surface area contributed by atoms with Crippen molar-refractivity contribution in [2.75, 3.05) is 31.3 Å². The average Bonchev–Trinajstić information content (AvgIpc) is 2.49. The van der Waals surface area contributed by atoms with Crippen molar-refractivity contribution in [3.8, 4) is 0 Å². The van der Waals surface area contributed by atoms with Crippen LogP contribution < -0.4 is 0 Å². The number of aliphatic hydroxyl groups is 2. The first-order valence-electron chi connectivity index (χ1n) is 5.34. The van der Waals surface area contributed by atoms with E-state index in [4.69, 9.17) is 9.84 Å². The minimum Gasteiger partial charge on any atom is -0.450 e. The van der Waals surface area contributed by atoms with Crippen molar-refractivity contribution in [1.82, 2.24) is 4.90 Å². The Morgan fingerprint density at radius 3 is 2.53 bits per heavy atom. The highest BCUT2D eigenvalue weighted by molar-refractivity contribution is 7.91. The van der Waals surface area contributed by atoms with Gasteiger partial charge >= 0.3 is 6.09 Å². The van der Waals surface area contributed by atoms with Gasteiger partial charge in [-0.15, -0.1) is 0 Å². The molecule has 0 radical (unpaired) electrons. The molecule has 7 nitrogen and oxygen atoms in total. The van der Waals surface area contributed by atoms with E-state index in [0.29, 0.717) is 0 Å². The number of amides is 1. The van der Waals surface area contributed by atoms with Crippen molar-refractivity contribution in [2.24, 2.45) is 0 Å². The Morgan fingerprint density at radius 2 is 2.12 bits per heavy atom. The quantitative estimate of drug-likeness (QED) is 0.649. The van der Waals surface area contributed by atoms with Crippen LogP contribution in [0.5, 0.6) is 0 Å². The van der Waals surface area contributed by atoms with E-state index in [2.05, 4.69) is 0 Å². The molecule has 1 aliphatic heterocycles. The van der Waals surface area contributed by atoms with Crippen LogP contribution in [0.15, 0.2) is 0 Å². The zero-order valence-electron chi connectivity index (χ0n) is 9.57. The Morgan fingerprint density at radius 1 is 1.47 bits per heavy atom. The lowest BCUT2D eigenvalue weighted by atomic mass is 10.2. The van der Waals surface area contributed by atoms with Crippen molar-refractivity contribution in [3.05, 3.63) is 0 Å². The second-order valence-corrected chi connectivity index (χ2v) is 5.98. The van der Waals surface area contributed by atoms with Gasteiger partial charge in [0.15, 0.2) is 9.84 Å². The van der Waals surface area contributed by atoms with Gasteiger partial charge in [0.25, 0.3) is 0 Å². The molecule has 0 spiro atoms. The predicted octanol–water partition coefficient (Wildman–Crippen LogP) is -1.40. The van der Waals surface area contributed by atoms with Crippen LogP contribution in [0.25, 0.3) is 0 Å². The van der Waals surface area contributed by atoms with Gasteiger partial charge in [0, 0.05) is 6.54 Å². The average molecular weight is 267 g/mol. The van der Waals surface area contributed by atoms with Gasteiger partial charge < -0.3 is 14.9 Å². The van der Waals surface area contributed by atoms with E-state index in [9.17, 15) is 18.3 Å². The van der Waals surface area contributed by atoms with Crippen LogP contribution in [0.2, 0.25) is 0 Å². The van der Waals surface area contributed by atoms with Gasteiger partial charge in [0.2, 0.25) is 0 Å². The van der Waals surface area contributed by atoms with E-state index in [-0.39, 0.29) is 31.3 Å². The Hall–Kier alpha value is -0.860. The number of carbonyl (C=O) groups excluding carboxylic acids is 1. The smallest absolute Gasteiger partial charge is 0.410 e. The first-order chi connectivity index (χ1) is 7.91. The van der Waals surface area contributed by atoms with Crippen LogP contribution in [-0.4, -0.2) is 73.0 Å². The van der Waals surface area contributed by atoms with Gasteiger partial charge in [-0.1, -0.05) is 0 Å². The largest absolute Gasteiger partial charge is 0.450 e. The molecule has 1 saturated heterocycles. The highest BCUT2D eigenvalue weighted by Gasteiger charge is 2.42. The van der Waals surface area contributed by atoms with Gasteiger partial charge in [-0.2, -0.15) is 0 Å². The topological polar surface area (TPSA) is 104 Å². The normalized spacial score (nSPS) is 26.8. The molecule has 2 N–H and O–H groups in total. The van der Waals surface area contributed by atoms with Crippen LogP contribution in [0.4, 0.5) is 4.79 Å². The number of rotatable bonds is 4. The lowest BCUT2D eigenvalue weighted by Crippen LogP contribution is -2.48. The molecule has 100 valence electrons. The van der Waals surface area contributed by atoms with Crippen molar-refractivity contribution >= 4 is 15.9 Å². The molecule has 0 aromatic heterocycles. The lowest BCUT2D eigenvalue weighted by Gasteiger charge is -2.28. The highest BCUT2D eigenvalue weighted by Crippen LogP contribution is 2.19. The molecular weight excluding hydrogens is 250 g/mol. The summed E-state index contributed by atoms with van der Waals surface area (Å²) >= 11 is 0. The molecule has 0 aliphatic carbocycles. The standard InChI is InChI=1S/C9H17NO6S/c1-2-16-9(13)10(3-4-11)7-5-17(14,15)6-8(7)12/h7-8,11-12H,2-6H2,1H3/t7-,8-/m0/s1. The number of hydrogen-bond acceptors (Lipinski definition) is 6. The molecule has 1 fully saturated rings. The molecule has 1 rings (SSSR count). The first-order valence-corrected chi connectivity index (χ1v) is 7.16. The van der Waals surface area contributed by atoms with Gasteiger partial charge in [-0.3, -0.25) is 4.90 Å². The number of aliphatic hydroxyl groups excluding tert-OH is 2. The Labute approximate surface area is 99.9 Å². The van der Waals surface area contributed by atoms with E-state index in [0.717, 1.165) is 4.90 Å². The van der Waals surface area contributed by atoms with Gasteiger partial charge in [-0.05, 0) is 6.92 Å². The number of carbonyl (C=O) groups is 1. The molecule has 1 heterocycles. The van der Waals surface area contributed by atoms with Crippen molar-refractivity contribution in [3.63, 3.8) is 0 Å². The summed E-state index contributed by atoms with van der Waals surface area (Å²) in [6.45, 7) is 1.39. The minimum absolute atomic E-state index is 0.0594. The third-order valence-corrected chi connectivity index (χ3v) is 4.24. The molecule has 0 saturated carbocycles. The van der Waals surface area contributed by atoms with Crippen LogP contribution in [0, 0.1) is 0 Å². The second kappa shape index (κ2) is 5.65. The van der Waals surface area contributed by atoms with E-state index in [1.165, 1.54) is 0 Å². The van der Waals surface area contributed by atoms with Crippen LogP contribution >= 0.6 is 0 Å². The first kappa shape index (κ1) is 14.2. The summed E-state index contributed by atoms with van der Waals surface area (Å²) in [6, 6.07) is -0.841. The lowest BCUT2D eigenvalue weighted by molar-refractivity contribution is 0.0482. The molecule has 8 heteroatoms. The van der Waals surface area contributed by atoms with Crippen LogP contribution in [0.3, 0.4) is 0 Å². The fourth-order valence-electron chi connectivity index (χ4n) is 1.81. The number of sulfone groups is 1. The molecule has 17 heavy (non-hydrogen) atoms. The maximum atomic E-state index is 11.6. The summed E-state index contributed by atoms with van der Waals surface area (Å²) in [5.41, 5.74) is 0. The summed E-state index contributed by atoms with van der Waals surface area (Å²) in [4.78, 5) is 12.6. The van der Waals surface area contributed by atoms with Crippen molar-refractivity contribution < 1.29 is 28.2 Å². The maximum Gasteiger partial charge on any atom is 0.410 e. The molecule has 0 aromatic carbocycles. The monoisotopic (exact) mass is 267 g/mol. The van der Waals surface area contributed by atoms with E-state index in [1.807, 2.05) is 0 Å². The fourth-order valence-corrected chi connectivity index (χ4v) is 3.62. The number of ether oxygens (including phenoxy) is 1. The third kappa shape index (κ3) is 3.55.